The molecule has 0 N–H and O–H groups in total. The van der Waals surface area contributed by atoms with Gasteiger partial charge in [0.1, 0.15) is 0 Å². The topological polar surface area (TPSA) is 0 Å². The van der Waals surface area contributed by atoms with E-state index in [2.05, 4.69) is 218 Å². The first kappa shape index (κ1) is 32.5. The van der Waals surface area contributed by atoms with Gasteiger partial charge in [0.2, 0.25) is 0 Å². The molecule has 0 amide bonds. The van der Waals surface area contributed by atoms with Crippen LogP contribution >= 0.6 is 0 Å². The van der Waals surface area contributed by atoms with Crippen LogP contribution in [0.3, 0.4) is 0 Å². The van der Waals surface area contributed by atoms with Crippen LogP contribution in [0.4, 0.5) is 0 Å². The summed E-state index contributed by atoms with van der Waals surface area (Å²) in [5.41, 5.74) is 17.9. The van der Waals surface area contributed by atoms with Crippen molar-refractivity contribution >= 4 is 43.1 Å². The third-order valence-corrected chi connectivity index (χ3v) is 13.4. The normalized spacial score (nSPS) is 13.2. The van der Waals surface area contributed by atoms with E-state index in [1.807, 2.05) is 0 Å². The third-order valence-electron chi connectivity index (χ3n) is 13.4. The van der Waals surface area contributed by atoms with Crippen molar-refractivity contribution in [2.75, 3.05) is 0 Å². The Kier molecular flexibility index (Phi) is 6.74. The van der Waals surface area contributed by atoms with Gasteiger partial charge in [0, 0.05) is 0 Å². The molecule has 1 spiro atoms. The van der Waals surface area contributed by atoms with Crippen molar-refractivity contribution in [2.24, 2.45) is 0 Å². The summed E-state index contributed by atoms with van der Waals surface area (Å²) in [4.78, 5) is 0. The molecular formula is C59H36. The maximum absolute atomic E-state index is 2.42. The second-order valence-corrected chi connectivity index (χ2v) is 16.3. The van der Waals surface area contributed by atoms with Gasteiger partial charge in [-0.2, -0.15) is 0 Å². The minimum Gasteiger partial charge on any atom is -0.0622 e. The van der Waals surface area contributed by atoms with Gasteiger partial charge in [-0.25, -0.2) is 0 Å². The van der Waals surface area contributed by atoms with Gasteiger partial charge in [0.15, 0.2) is 0 Å². The van der Waals surface area contributed by atoms with Crippen molar-refractivity contribution in [1.29, 1.82) is 0 Å². The van der Waals surface area contributed by atoms with Gasteiger partial charge in [-0.1, -0.05) is 206 Å². The Morgan fingerprint density at radius 3 is 1.46 bits per heavy atom. The average Bonchev–Trinajstić information content (AvgIpc) is 3.78. The zero-order valence-electron chi connectivity index (χ0n) is 32.3. The lowest BCUT2D eigenvalue weighted by atomic mass is 9.69. The molecule has 0 fully saturated rings. The van der Waals surface area contributed by atoms with E-state index in [4.69, 9.17) is 0 Å². The molecule has 0 radical (unpaired) electrons. The predicted molar refractivity (Wildman–Crippen MR) is 249 cm³/mol. The van der Waals surface area contributed by atoms with Crippen molar-refractivity contribution in [1.82, 2.24) is 0 Å². The number of hydrogen-bond acceptors (Lipinski definition) is 0. The molecule has 272 valence electrons. The minimum atomic E-state index is -0.420. The van der Waals surface area contributed by atoms with Crippen LogP contribution in [0.1, 0.15) is 22.3 Å². The fraction of sp³-hybridized carbons (Fsp3) is 0.0169. The zero-order chi connectivity index (χ0) is 38.7. The highest BCUT2D eigenvalue weighted by atomic mass is 14.5. The number of hydrogen-bond donors (Lipinski definition) is 0. The van der Waals surface area contributed by atoms with Gasteiger partial charge in [-0.15, -0.1) is 0 Å². The molecule has 0 bridgehead atoms. The highest BCUT2D eigenvalue weighted by molar-refractivity contribution is 6.21. The first-order valence-electron chi connectivity index (χ1n) is 20.7. The van der Waals surface area contributed by atoms with Crippen molar-refractivity contribution in [3.05, 3.63) is 241 Å². The Bertz CT molecular complexity index is 3450. The molecule has 0 heteroatoms. The summed E-state index contributed by atoms with van der Waals surface area (Å²) in [6.07, 6.45) is 0. The van der Waals surface area contributed by atoms with Gasteiger partial charge in [-0.3, -0.25) is 0 Å². The lowest BCUT2D eigenvalue weighted by Crippen LogP contribution is -2.26. The molecule has 59 heavy (non-hydrogen) atoms. The highest BCUT2D eigenvalue weighted by Gasteiger charge is 2.52. The van der Waals surface area contributed by atoms with Gasteiger partial charge in [-0.05, 0) is 133 Å². The van der Waals surface area contributed by atoms with E-state index in [1.165, 1.54) is 121 Å². The Balaban J connectivity index is 1.04. The molecule has 0 atom stereocenters. The second-order valence-electron chi connectivity index (χ2n) is 16.3. The van der Waals surface area contributed by atoms with E-state index >= 15 is 0 Å². The Morgan fingerprint density at radius 2 is 0.763 bits per heavy atom. The maximum atomic E-state index is 2.42. The SMILES string of the molecule is c1ccc(-c2c3ccccc3c(-c3cccc(-c4ccc5c6c(ccc5c4)-c4c(ccc5ccccc45)C64c5ccccc5-c5ccccc54)c3)c3ccccc23)cc1. The summed E-state index contributed by atoms with van der Waals surface area (Å²) in [6, 6.07) is 81.7. The van der Waals surface area contributed by atoms with Crippen LogP contribution in [0.25, 0.3) is 98.7 Å². The molecule has 13 rings (SSSR count). The monoisotopic (exact) mass is 744 g/mol. The van der Waals surface area contributed by atoms with Crippen molar-refractivity contribution in [2.45, 2.75) is 5.41 Å². The van der Waals surface area contributed by atoms with Crippen molar-refractivity contribution in [3.63, 3.8) is 0 Å². The van der Waals surface area contributed by atoms with Gasteiger partial charge in [0.05, 0.1) is 5.41 Å². The largest absolute Gasteiger partial charge is 0.0731 e. The van der Waals surface area contributed by atoms with Crippen LogP contribution in [0.2, 0.25) is 0 Å². The molecule has 2 aliphatic carbocycles. The van der Waals surface area contributed by atoms with Crippen LogP contribution < -0.4 is 0 Å². The lowest BCUT2D eigenvalue weighted by Gasteiger charge is -2.31. The highest BCUT2D eigenvalue weighted by Crippen LogP contribution is 2.65. The summed E-state index contributed by atoms with van der Waals surface area (Å²) in [5, 5.41) is 10.2. The standard InChI is InChI=1S/C59H36/c1-2-16-38(17-3-1)55-47-23-6-8-25-49(47)56(50-26-9-7-24-48(50)55)42-19-14-18-39(36-42)40-29-32-44-41(35-40)30-33-51-57-43-20-5-4-15-37(43)31-34-54(57)59(58(44)51)52-27-12-10-21-45(52)46-22-11-13-28-53(46)59/h1-36H. The smallest absolute Gasteiger partial charge is 0.0622 e. The average molecular weight is 745 g/mol. The number of rotatable bonds is 3. The van der Waals surface area contributed by atoms with Gasteiger partial charge < -0.3 is 0 Å². The molecule has 0 aliphatic heterocycles. The molecule has 0 saturated heterocycles. The summed E-state index contributed by atoms with van der Waals surface area (Å²) < 4.78 is 0. The van der Waals surface area contributed by atoms with Crippen LogP contribution in [0.15, 0.2) is 218 Å². The first-order valence-corrected chi connectivity index (χ1v) is 20.7. The van der Waals surface area contributed by atoms with Crippen LogP contribution in [-0.2, 0) is 5.41 Å². The quantitative estimate of drug-likeness (QED) is 0.158. The predicted octanol–water partition coefficient (Wildman–Crippen LogP) is 15.6. The third kappa shape index (κ3) is 4.38. The van der Waals surface area contributed by atoms with Crippen LogP contribution in [0, 0.1) is 0 Å². The summed E-state index contributed by atoms with van der Waals surface area (Å²) in [7, 11) is 0. The van der Waals surface area contributed by atoms with Crippen LogP contribution in [0.5, 0.6) is 0 Å². The fourth-order valence-electron chi connectivity index (χ4n) is 11.1. The second kappa shape index (κ2) is 12.2. The number of benzene rings is 11. The molecule has 0 aromatic heterocycles. The molecule has 11 aromatic carbocycles. The molecule has 0 nitrogen and oxygen atoms in total. The van der Waals surface area contributed by atoms with E-state index in [0.717, 1.165) is 0 Å². The van der Waals surface area contributed by atoms with Crippen molar-refractivity contribution < 1.29 is 0 Å². The van der Waals surface area contributed by atoms with Gasteiger partial charge >= 0.3 is 0 Å². The van der Waals surface area contributed by atoms with E-state index < -0.39 is 5.41 Å². The first-order chi connectivity index (χ1) is 29.3. The molecule has 2 aliphatic rings. The molecule has 11 aromatic rings. The van der Waals surface area contributed by atoms with Crippen molar-refractivity contribution in [3.8, 4) is 55.6 Å². The van der Waals surface area contributed by atoms with E-state index in [9.17, 15) is 0 Å². The molecular weight excluding hydrogens is 709 g/mol. The Labute approximate surface area is 343 Å². The summed E-state index contributed by atoms with van der Waals surface area (Å²) in [6.45, 7) is 0. The summed E-state index contributed by atoms with van der Waals surface area (Å²) >= 11 is 0. The van der Waals surface area contributed by atoms with Crippen LogP contribution in [-0.4, -0.2) is 0 Å². The summed E-state index contributed by atoms with van der Waals surface area (Å²) in [5.74, 6) is 0. The van der Waals surface area contributed by atoms with Gasteiger partial charge in [0.25, 0.3) is 0 Å². The zero-order valence-corrected chi connectivity index (χ0v) is 32.3. The molecule has 0 heterocycles. The Hall–Kier alpha value is -7.54. The van der Waals surface area contributed by atoms with E-state index in [-0.39, 0.29) is 0 Å². The Morgan fingerprint density at radius 1 is 0.237 bits per heavy atom. The molecule has 0 unspecified atom stereocenters. The maximum Gasteiger partial charge on any atom is 0.0731 e. The molecule has 0 saturated carbocycles. The van der Waals surface area contributed by atoms with E-state index in [1.54, 1.807) is 0 Å². The fourth-order valence-corrected chi connectivity index (χ4v) is 11.1. The lowest BCUT2D eigenvalue weighted by molar-refractivity contribution is 0.802. The number of fused-ring (bicyclic) bond motifs is 16. The van der Waals surface area contributed by atoms with E-state index in [0.29, 0.717) is 0 Å². The minimum absolute atomic E-state index is 0.420.